The standard InChI is InChI=1S/C20H19FN4OS/c21-18-8-2-1-7-17(18)19-14-27-20(23-13-16-6-4-10-26-16)25(19)24-12-15-5-3-9-22-11-15/h1-3,5,7-9,11-12,14,16H,4,6,10,13H2/b23-20?,24-12-/t16-/m0/s1. The van der Waals surface area contributed by atoms with E-state index >= 15 is 0 Å². The largest absolute Gasteiger partial charge is 0.376 e. The summed E-state index contributed by atoms with van der Waals surface area (Å²) in [6.45, 7) is 1.38. The summed E-state index contributed by atoms with van der Waals surface area (Å²) < 4.78 is 21.7. The zero-order valence-electron chi connectivity index (χ0n) is 14.7. The Kier molecular flexibility index (Phi) is 5.50. The molecule has 0 spiro atoms. The van der Waals surface area contributed by atoms with Crippen LogP contribution in [0.3, 0.4) is 0 Å². The molecule has 0 amide bonds. The number of hydrogen-bond acceptors (Lipinski definition) is 5. The molecule has 0 N–H and O–H groups in total. The van der Waals surface area contributed by atoms with Crippen LogP contribution in [0.2, 0.25) is 0 Å². The highest BCUT2D eigenvalue weighted by molar-refractivity contribution is 7.07. The van der Waals surface area contributed by atoms with E-state index in [2.05, 4.69) is 15.1 Å². The number of rotatable bonds is 5. The van der Waals surface area contributed by atoms with Crippen LogP contribution in [0.25, 0.3) is 11.3 Å². The zero-order chi connectivity index (χ0) is 18.5. The van der Waals surface area contributed by atoms with Gasteiger partial charge in [-0.25, -0.2) is 9.07 Å². The molecular weight excluding hydrogens is 363 g/mol. The molecule has 1 atom stereocenters. The van der Waals surface area contributed by atoms with Gasteiger partial charge in [-0.15, -0.1) is 11.3 Å². The minimum atomic E-state index is -0.286. The van der Waals surface area contributed by atoms with Crippen LogP contribution in [0.5, 0.6) is 0 Å². The van der Waals surface area contributed by atoms with E-state index in [0.717, 1.165) is 25.0 Å². The molecular formula is C20H19FN4OS. The second kappa shape index (κ2) is 8.37. The van der Waals surface area contributed by atoms with Crippen molar-refractivity contribution in [3.63, 3.8) is 0 Å². The average molecular weight is 382 g/mol. The Bertz CT molecular complexity index is 990. The molecule has 0 bridgehead atoms. The first kappa shape index (κ1) is 17.8. The molecule has 1 saturated heterocycles. The molecule has 0 aliphatic carbocycles. The van der Waals surface area contributed by atoms with E-state index in [0.29, 0.717) is 22.6 Å². The van der Waals surface area contributed by atoms with Crippen molar-refractivity contribution in [2.24, 2.45) is 10.1 Å². The third-order valence-corrected chi connectivity index (χ3v) is 5.15. The van der Waals surface area contributed by atoms with Gasteiger partial charge in [0.1, 0.15) is 5.82 Å². The lowest BCUT2D eigenvalue weighted by atomic mass is 10.1. The molecule has 4 rings (SSSR count). The fourth-order valence-corrected chi connectivity index (χ4v) is 3.76. The average Bonchev–Trinajstić information content (AvgIpc) is 3.36. The van der Waals surface area contributed by atoms with E-state index in [4.69, 9.17) is 4.74 Å². The molecule has 1 aromatic carbocycles. The summed E-state index contributed by atoms with van der Waals surface area (Å²) in [4.78, 5) is 9.49. The number of halogens is 1. The summed E-state index contributed by atoms with van der Waals surface area (Å²) in [7, 11) is 0. The molecule has 3 heterocycles. The molecule has 138 valence electrons. The molecule has 2 aromatic heterocycles. The maximum absolute atomic E-state index is 14.3. The van der Waals surface area contributed by atoms with Crippen LogP contribution in [0.4, 0.5) is 4.39 Å². The summed E-state index contributed by atoms with van der Waals surface area (Å²) in [5.41, 5.74) is 2.03. The topological polar surface area (TPSA) is 51.8 Å². The highest BCUT2D eigenvalue weighted by atomic mass is 32.1. The van der Waals surface area contributed by atoms with Gasteiger partial charge < -0.3 is 4.74 Å². The first-order valence-electron chi connectivity index (χ1n) is 8.83. The van der Waals surface area contributed by atoms with Crippen molar-refractivity contribution in [3.05, 3.63) is 70.4 Å². The van der Waals surface area contributed by atoms with E-state index in [9.17, 15) is 4.39 Å². The SMILES string of the molecule is Fc1ccccc1-c1csc(=NC[C@@H]2CCCO2)n1/N=C\c1cccnc1. The second-order valence-corrected chi connectivity index (χ2v) is 7.04. The van der Waals surface area contributed by atoms with Crippen molar-refractivity contribution in [3.8, 4) is 11.3 Å². The maximum atomic E-state index is 14.3. The molecule has 0 radical (unpaired) electrons. The molecule has 3 aromatic rings. The summed E-state index contributed by atoms with van der Waals surface area (Å²) >= 11 is 1.44. The Morgan fingerprint density at radius 2 is 2.22 bits per heavy atom. The molecule has 5 nitrogen and oxygen atoms in total. The predicted molar refractivity (Wildman–Crippen MR) is 104 cm³/mol. The fourth-order valence-electron chi connectivity index (χ4n) is 2.92. The van der Waals surface area contributed by atoms with Crippen LogP contribution < -0.4 is 4.80 Å². The van der Waals surface area contributed by atoms with Crippen LogP contribution in [-0.4, -0.2) is 35.1 Å². The first-order chi connectivity index (χ1) is 13.3. The van der Waals surface area contributed by atoms with Gasteiger partial charge in [-0.3, -0.25) is 9.98 Å². The van der Waals surface area contributed by atoms with E-state index < -0.39 is 0 Å². The first-order valence-corrected chi connectivity index (χ1v) is 9.71. The minimum Gasteiger partial charge on any atom is -0.376 e. The van der Waals surface area contributed by atoms with Gasteiger partial charge in [0, 0.05) is 35.5 Å². The number of ether oxygens (including phenoxy) is 1. The van der Waals surface area contributed by atoms with Crippen LogP contribution in [0.1, 0.15) is 18.4 Å². The van der Waals surface area contributed by atoms with Crippen LogP contribution >= 0.6 is 11.3 Å². The Morgan fingerprint density at radius 3 is 3.00 bits per heavy atom. The summed E-state index contributed by atoms with van der Waals surface area (Å²) in [5.74, 6) is -0.286. The quantitative estimate of drug-likeness (QED) is 0.632. The molecule has 1 aliphatic heterocycles. The van der Waals surface area contributed by atoms with E-state index in [-0.39, 0.29) is 11.9 Å². The van der Waals surface area contributed by atoms with Crippen molar-refractivity contribution in [1.29, 1.82) is 0 Å². The monoisotopic (exact) mass is 382 g/mol. The molecule has 0 saturated carbocycles. The highest BCUT2D eigenvalue weighted by Crippen LogP contribution is 2.23. The van der Waals surface area contributed by atoms with Crippen molar-refractivity contribution in [2.45, 2.75) is 18.9 Å². The van der Waals surface area contributed by atoms with Gasteiger partial charge in [0.05, 0.1) is 24.6 Å². The van der Waals surface area contributed by atoms with Crippen molar-refractivity contribution in [2.75, 3.05) is 13.2 Å². The van der Waals surface area contributed by atoms with Gasteiger partial charge in [-0.2, -0.15) is 5.10 Å². The zero-order valence-corrected chi connectivity index (χ0v) is 15.5. The third-order valence-electron chi connectivity index (χ3n) is 4.30. The Balaban J connectivity index is 1.74. The van der Waals surface area contributed by atoms with Crippen LogP contribution in [0.15, 0.2) is 64.3 Å². The van der Waals surface area contributed by atoms with E-state index in [1.807, 2.05) is 23.6 Å². The predicted octanol–water partition coefficient (Wildman–Crippen LogP) is 3.71. The van der Waals surface area contributed by atoms with Gasteiger partial charge in [0.2, 0.25) is 4.80 Å². The number of aromatic nitrogens is 2. The van der Waals surface area contributed by atoms with Crippen LogP contribution in [-0.2, 0) is 4.74 Å². The van der Waals surface area contributed by atoms with E-state index in [1.165, 1.54) is 17.4 Å². The van der Waals surface area contributed by atoms with Crippen molar-refractivity contribution >= 4 is 17.6 Å². The summed E-state index contributed by atoms with van der Waals surface area (Å²) in [6, 6.07) is 10.4. The van der Waals surface area contributed by atoms with Gasteiger partial charge >= 0.3 is 0 Å². The van der Waals surface area contributed by atoms with Crippen molar-refractivity contribution < 1.29 is 9.13 Å². The van der Waals surface area contributed by atoms with Gasteiger partial charge in [0.25, 0.3) is 0 Å². The number of hydrogen-bond donors (Lipinski definition) is 0. The smallest absolute Gasteiger partial charge is 0.206 e. The molecule has 1 fully saturated rings. The number of thiazole rings is 1. The highest BCUT2D eigenvalue weighted by Gasteiger charge is 2.15. The number of benzene rings is 1. The number of nitrogens with zero attached hydrogens (tertiary/aromatic N) is 4. The Labute approximate surface area is 160 Å². The lowest BCUT2D eigenvalue weighted by molar-refractivity contribution is 0.117. The normalized spacial score (nSPS) is 17.8. The molecule has 1 aliphatic rings. The van der Waals surface area contributed by atoms with Gasteiger partial charge in [0.15, 0.2) is 0 Å². The molecule has 27 heavy (non-hydrogen) atoms. The number of pyridine rings is 1. The lowest BCUT2D eigenvalue weighted by Crippen LogP contribution is -2.17. The second-order valence-electron chi connectivity index (χ2n) is 6.20. The van der Waals surface area contributed by atoms with Gasteiger partial charge in [-0.1, -0.05) is 18.2 Å². The van der Waals surface area contributed by atoms with Gasteiger partial charge in [-0.05, 0) is 31.0 Å². The summed E-state index contributed by atoms with van der Waals surface area (Å²) in [6.07, 6.45) is 7.39. The summed E-state index contributed by atoms with van der Waals surface area (Å²) in [5, 5.41) is 6.44. The van der Waals surface area contributed by atoms with Crippen molar-refractivity contribution in [1.82, 2.24) is 9.66 Å². The molecule has 7 heteroatoms. The minimum absolute atomic E-state index is 0.153. The fraction of sp³-hybridized carbons (Fsp3) is 0.250. The maximum Gasteiger partial charge on any atom is 0.206 e. The van der Waals surface area contributed by atoms with Crippen LogP contribution in [0, 0.1) is 5.82 Å². The Hall–Kier alpha value is -2.64. The lowest BCUT2D eigenvalue weighted by Gasteiger charge is -2.06. The Morgan fingerprint density at radius 1 is 1.30 bits per heavy atom. The van der Waals surface area contributed by atoms with E-state index in [1.54, 1.807) is 35.4 Å². The third kappa shape index (κ3) is 4.20. The molecule has 0 unspecified atom stereocenters.